The van der Waals surface area contributed by atoms with E-state index in [4.69, 9.17) is 14.5 Å². The van der Waals surface area contributed by atoms with Crippen molar-refractivity contribution < 1.29 is 14.5 Å². The summed E-state index contributed by atoms with van der Waals surface area (Å²) >= 11 is 0. The van der Waals surface area contributed by atoms with Gasteiger partial charge in [-0.3, -0.25) is 0 Å². The summed E-state index contributed by atoms with van der Waals surface area (Å²) in [7, 11) is 0. The van der Waals surface area contributed by atoms with E-state index in [1.807, 2.05) is 13.8 Å². The van der Waals surface area contributed by atoms with Gasteiger partial charge in [-0.05, 0) is 13.8 Å². The molecule has 0 aliphatic rings. The Morgan fingerprint density at radius 2 is 2.09 bits per heavy atom. The van der Waals surface area contributed by atoms with Gasteiger partial charge in [0.1, 0.15) is 5.76 Å². The molecule has 0 bridgehead atoms. The molecule has 0 N–H and O–H groups in total. The standard InChI is InChI=1S/C8H16O3/c1-5-7(3)10-11-8(4)9-6-2/h8H,3,5-6H2,1-2,4H3. The summed E-state index contributed by atoms with van der Waals surface area (Å²) in [4.78, 5) is 9.60. The second-order valence-electron chi connectivity index (χ2n) is 2.09. The third kappa shape index (κ3) is 5.88. The molecule has 0 aromatic rings. The highest BCUT2D eigenvalue weighted by atomic mass is 17.2. The van der Waals surface area contributed by atoms with Crippen LogP contribution in [-0.2, 0) is 14.5 Å². The maximum atomic E-state index is 5.05. The Labute approximate surface area is 67.9 Å². The van der Waals surface area contributed by atoms with Crippen LogP contribution < -0.4 is 0 Å². The highest BCUT2D eigenvalue weighted by Gasteiger charge is 2.01. The fraction of sp³-hybridized carbons (Fsp3) is 0.750. The van der Waals surface area contributed by atoms with Gasteiger partial charge in [0.05, 0.1) is 0 Å². The lowest BCUT2D eigenvalue weighted by atomic mass is 10.4. The molecule has 3 heteroatoms. The molecule has 0 saturated heterocycles. The molecule has 1 atom stereocenters. The van der Waals surface area contributed by atoms with Crippen LogP contribution in [0.25, 0.3) is 0 Å². The lowest BCUT2D eigenvalue weighted by Crippen LogP contribution is -2.12. The quantitative estimate of drug-likeness (QED) is 0.258. The monoisotopic (exact) mass is 160 g/mol. The van der Waals surface area contributed by atoms with E-state index < -0.39 is 0 Å². The minimum atomic E-state index is -0.330. The molecule has 3 nitrogen and oxygen atoms in total. The van der Waals surface area contributed by atoms with Crippen molar-refractivity contribution in [2.24, 2.45) is 0 Å². The largest absolute Gasteiger partial charge is 0.349 e. The van der Waals surface area contributed by atoms with Gasteiger partial charge in [0.2, 0.25) is 0 Å². The number of allylic oxidation sites excluding steroid dienone is 1. The van der Waals surface area contributed by atoms with Crippen LogP contribution in [0.5, 0.6) is 0 Å². The van der Waals surface area contributed by atoms with Crippen molar-refractivity contribution in [3.05, 3.63) is 12.3 Å². The lowest BCUT2D eigenvalue weighted by molar-refractivity contribution is -0.350. The van der Waals surface area contributed by atoms with Crippen LogP contribution in [0.4, 0.5) is 0 Å². The maximum absolute atomic E-state index is 5.05. The van der Waals surface area contributed by atoms with Gasteiger partial charge in [-0.1, -0.05) is 13.5 Å². The van der Waals surface area contributed by atoms with Gasteiger partial charge in [-0.25, -0.2) is 0 Å². The summed E-state index contributed by atoms with van der Waals surface area (Å²) in [6, 6.07) is 0. The molecule has 0 spiro atoms. The highest BCUT2D eigenvalue weighted by molar-refractivity contribution is 4.77. The summed E-state index contributed by atoms with van der Waals surface area (Å²) in [6.45, 7) is 9.83. The average molecular weight is 160 g/mol. The van der Waals surface area contributed by atoms with Crippen molar-refractivity contribution in [1.82, 2.24) is 0 Å². The van der Waals surface area contributed by atoms with Crippen molar-refractivity contribution in [3.8, 4) is 0 Å². The van der Waals surface area contributed by atoms with Crippen LogP contribution in [-0.4, -0.2) is 12.9 Å². The topological polar surface area (TPSA) is 27.7 Å². The summed E-state index contributed by atoms with van der Waals surface area (Å²) < 4.78 is 5.05. The zero-order valence-electron chi connectivity index (χ0n) is 7.42. The van der Waals surface area contributed by atoms with E-state index >= 15 is 0 Å². The van der Waals surface area contributed by atoms with Crippen molar-refractivity contribution in [2.45, 2.75) is 33.5 Å². The van der Waals surface area contributed by atoms with E-state index in [9.17, 15) is 0 Å². The summed E-state index contributed by atoms with van der Waals surface area (Å²) in [6.07, 6.45) is 0.419. The molecule has 0 aromatic heterocycles. The lowest BCUT2D eigenvalue weighted by Gasteiger charge is -2.11. The van der Waals surface area contributed by atoms with Gasteiger partial charge in [-0.2, -0.15) is 4.89 Å². The van der Waals surface area contributed by atoms with Crippen LogP contribution in [0.3, 0.4) is 0 Å². The van der Waals surface area contributed by atoms with Crippen molar-refractivity contribution in [2.75, 3.05) is 6.61 Å². The molecular weight excluding hydrogens is 144 g/mol. The van der Waals surface area contributed by atoms with Crippen LogP contribution >= 0.6 is 0 Å². The average Bonchev–Trinajstić information content (AvgIpc) is 2.01. The molecule has 0 aliphatic heterocycles. The molecule has 0 heterocycles. The molecule has 66 valence electrons. The van der Waals surface area contributed by atoms with Crippen LogP contribution in [0.1, 0.15) is 27.2 Å². The first-order valence-corrected chi connectivity index (χ1v) is 3.83. The van der Waals surface area contributed by atoms with E-state index in [-0.39, 0.29) is 6.29 Å². The Balaban J connectivity index is 3.29. The van der Waals surface area contributed by atoms with Crippen LogP contribution in [0, 0.1) is 0 Å². The van der Waals surface area contributed by atoms with Crippen molar-refractivity contribution in [3.63, 3.8) is 0 Å². The Morgan fingerprint density at radius 3 is 2.55 bits per heavy atom. The number of hydrogen-bond acceptors (Lipinski definition) is 3. The van der Waals surface area contributed by atoms with E-state index in [2.05, 4.69) is 6.58 Å². The Hall–Kier alpha value is -0.540. The fourth-order valence-electron chi connectivity index (χ4n) is 0.457. The highest BCUT2D eigenvalue weighted by Crippen LogP contribution is 2.02. The molecule has 0 amide bonds. The summed E-state index contributed by atoms with van der Waals surface area (Å²) in [5, 5.41) is 0. The molecule has 0 saturated carbocycles. The first-order valence-electron chi connectivity index (χ1n) is 3.83. The number of hydrogen-bond donors (Lipinski definition) is 0. The molecule has 0 radical (unpaired) electrons. The second kappa shape index (κ2) is 6.19. The van der Waals surface area contributed by atoms with Crippen LogP contribution in [0.2, 0.25) is 0 Å². The van der Waals surface area contributed by atoms with E-state index in [1.54, 1.807) is 6.92 Å². The normalized spacial score (nSPS) is 12.6. The molecule has 0 rings (SSSR count). The van der Waals surface area contributed by atoms with Gasteiger partial charge in [0.15, 0.2) is 6.29 Å². The number of rotatable bonds is 6. The molecule has 0 aromatic carbocycles. The maximum Gasteiger partial charge on any atom is 0.200 e. The molecule has 11 heavy (non-hydrogen) atoms. The zero-order valence-corrected chi connectivity index (χ0v) is 7.42. The number of ether oxygens (including phenoxy) is 1. The third-order valence-corrected chi connectivity index (χ3v) is 1.10. The van der Waals surface area contributed by atoms with Gasteiger partial charge < -0.3 is 9.62 Å². The zero-order chi connectivity index (χ0) is 8.69. The van der Waals surface area contributed by atoms with Crippen molar-refractivity contribution in [1.29, 1.82) is 0 Å². The van der Waals surface area contributed by atoms with E-state index in [1.165, 1.54) is 0 Å². The Morgan fingerprint density at radius 1 is 1.45 bits per heavy atom. The first-order chi connectivity index (χ1) is 5.20. The first kappa shape index (κ1) is 10.5. The predicted molar refractivity (Wildman–Crippen MR) is 42.7 cm³/mol. The van der Waals surface area contributed by atoms with E-state index in [0.29, 0.717) is 12.4 Å². The summed E-state index contributed by atoms with van der Waals surface area (Å²) in [5.74, 6) is 0.608. The molecule has 1 unspecified atom stereocenters. The minimum absolute atomic E-state index is 0.330. The molecular formula is C8H16O3. The van der Waals surface area contributed by atoms with Gasteiger partial charge in [0.25, 0.3) is 0 Å². The smallest absolute Gasteiger partial charge is 0.200 e. The molecule has 0 fully saturated rings. The third-order valence-electron chi connectivity index (χ3n) is 1.10. The fourth-order valence-corrected chi connectivity index (χ4v) is 0.457. The van der Waals surface area contributed by atoms with Gasteiger partial charge >= 0.3 is 0 Å². The van der Waals surface area contributed by atoms with Gasteiger partial charge in [-0.15, -0.1) is 0 Å². The van der Waals surface area contributed by atoms with E-state index in [0.717, 1.165) is 6.42 Å². The Bertz CT molecular complexity index is 112. The molecule has 0 aliphatic carbocycles. The van der Waals surface area contributed by atoms with Crippen molar-refractivity contribution >= 4 is 0 Å². The summed E-state index contributed by atoms with van der Waals surface area (Å²) in [5.41, 5.74) is 0. The minimum Gasteiger partial charge on any atom is -0.349 e. The SMILES string of the molecule is C=C(CC)OOC(C)OCC. The Kier molecular flexibility index (Phi) is 5.88. The van der Waals surface area contributed by atoms with Gasteiger partial charge in [0, 0.05) is 13.0 Å². The van der Waals surface area contributed by atoms with Crippen LogP contribution in [0.15, 0.2) is 12.3 Å². The second-order valence-corrected chi connectivity index (χ2v) is 2.09. The predicted octanol–water partition coefficient (Wildman–Crippen LogP) is 2.24.